The van der Waals surface area contributed by atoms with Gasteiger partial charge >= 0.3 is 0 Å². The van der Waals surface area contributed by atoms with Gasteiger partial charge in [-0.15, -0.1) is 0 Å². The minimum Gasteiger partial charge on any atom is -0.370 e. The largest absolute Gasteiger partial charge is 0.370 e. The Hall–Kier alpha value is -1.64. The summed E-state index contributed by atoms with van der Waals surface area (Å²) in [7, 11) is -2.12. The zero-order valence-electron chi connectivity index (χ0n) is 19.2. The number of allylic oxidation sites excluding steroid dienone is 1. The number of epoxide rings is 1. The Morgan fingerprint density at radius 1 is 1.00 bits per heavy atom. The van der Waals surface area contributed by atoms with Gasteiger partial charge in [-0.05, 0) is 36.3 Å². The van der Waals surface area contributed by atoms with E-state index in [2.05, 4.69) is 102 Å². The smallest absolute Gasteiger partial charge is 0.127 e. The molecule has 0 amide bonds. The first-order valence-corrected chi connectivity index (χ1v) is 13.2. The van der Waals surface area contributed by atoms with Crippen molar-refractivity contribution < 1.29 is 4.74 Å². The third-order valence-electron chi connectivity index (χ3n) is 6.92. The molecule has 3 rings (SSSR count). The van der Waals surface area contributed by atoms with E-state index in [1.807, 2.05) is 0 Å². The van der Waals surface area contributed by atoms with Crippen LogP contribution in [0.3, 0.4) is 0 Å². The van der Waals surface area contributed by atoms with Crippen molar-refractivity contribution in [3.8, 4) is 0 Å². The molecule has 2 atom stereocenters. The molecule has 0 saturated carbocycles. The monoisotopic (exact) mass is 406 g/mol. The lowest BCUT2D eigenvalue weighted by Gasteiger charge is -2.46. The van der Waals surface area contributed by atoms with E-state index in [0.29, 0.717) is 11.8 Å². The first-order valence-electron chi connectivity index (χ1n) is 11.0. The van der Waals surface area contributed by atoms with Crippen LogP contribution >= 0.6 is 0 Å². The van der Waals surface area contributed by atoms with E-state index in [1.54, 1.807) is 0 Å². The highest BCUT2D eigenvalue weighted by atomic mass is 28.3. The van der Waals surface area contributed by atoms with Gasteiger partial charge in [-0.25, -0.2) is 0 Å². The molecule has 1 aliphatic heterocycles. The summed E-state index contributed by atoms with van der Waals surface area (Å²) in [4.78, 5) is 0. The molecule has 1 aliphatic rings. The van der Waals surface area contributed by atoms with Gasteiger partial charge in [-0.2, -0.15) is 0 Å². The second-order valence-electron chi connectivity index (χ2n) is 10.5. The van der Waals surface area contributed by atoms with Crippen LogP contribution in [0.4, 0.5) is 0 Å². The maximum atomic E-state index is 5.76. The van der Waals surface area contributed by atoms with Gasteiger partial charge in [0.2, 0.25) is 0 Å². The minimum atomic E-state index is -2.12. The highest BCUT2D eigenvalue weighted by Gasteiger charge is 2.49. The lowest BCUT2D eigenvalue weighted by atomic mass is 9.82. The van der Waals surface area contributed by atoms with Gasteiger partial charge < -0.3 is 4.74 Å². The van der Waals surface area contributed by atoms with Crippen LogP contribution in [0.25, 0.3) is 0 Å². The summed E-state index contributed by atoms with van der Waals surface area (Å²) in [6, 6.07) is 23.6. The Labute approximate surface area is 179 Å². The van der Waals surface area contributed by atoms with Crippen LogP contribution < -0.4 is 10.4 Å². The Kier molecular flexibility index (Phi) is 6.26. The summed E-state index contributed by atoms with van der Waals surface area (Å²) in [6.45, 7) is 19.8. The standard InChI is InChI=1S/C27H38OSi/c1-21(2)25(18-27(7)20-28-27)22(3)19-29(26(4,5)6,23-14-10-8-11-15-23)24-16-12-9-13-17-24/h8-17,21,25H,3,18-20H2,1-2,4-7H3. The average molecular weight is 407 g/mol. The molecule has 1 heterocycles. The topological polar surface area (TPSA) is 12.5 Å². The molecule has 1 nitrogen and oxygen atoms in total. The van der Waals surface area contributed by atoms with Crippen molar-refractivity contribution in [3.63, 3.8) is 0 Å². The Bertz CT molecular complexity index is 773. The molecule has 29 heavy (non-hydrogen) atoms. The molecule has 0 aromatic heterocycles. The molecule has 0 radical (unpaired) electrons. The summed E-state index contributed by atoms with van der Waals surface area (Å²) in [5.74, 6) is 1.06. The van der Waals surface area contributed by atoms with E-state index in [0.717, 1.165) is 19.1 Å². The molecule has 2 aromatic rings. The average Bonchev–Trinajstić information content (AvgIpc) is 3.41. The fourth-order valence-corrected chi connectivity index (χ4v) is 10.4. The number of ether oxygens (including phenoxy) is 1. The van der Waals surface area contributed by atoms with Crippen molar-refractivity contribution in [1.29, 1.82) is 0 Å². The van der Waals surface area contributed by atoms with Crippen molar-refractivity contribution in [2.24, 2.45) is 11.8 Å². The van der Waals surface area contributed by atoms with Gasteiger partial charge in [0.15, 0.2) is 0 Å². The zero-order valence-corrected chi connectivity index (χ0v) is 20.2. The number of hydrogen-bond donors (Lipinski definition) is 0. The van der Waals surface area contributed by atoms with Crippen molar-refractivity contribution in [3.05, 3.63) is 72.8 Å². The lowest BCUT2D eigenvalue weighted by molar-refractivity contribution is 0.257. The van der Waals surface area contributed by atoms with Gasteiger partial charge in [0.25, 0.3) is 0 Å². The van der Waals surface area contributed by atoms with E-state index < -0.39 is 8.07 Å². The van der Waals surface area contributed by atoms with Crippen LogP contribution in [-0.4, -0.2) is 20.3 Å². The van der Waals surface area contributed by atoms with E-state index in [1.165, 1.54) is 15.9 Å². The van der Waals surface area contributed by atoms with E-state index in [9.17, 15) is 0 Å². The van der Waals surface area contributed by atoms with Gasteiger partial charge in [-0.3, -0.25) is 0 Å². The fraction of sp³-hybridized carbons (Fsp3) is 0.481. The van der Waals surface area contributed by atoms with Gasteiger partial charge in [0.1, 0.15) is 8.07 Å². The van der Waals surface area contributed by atoms with Gasteiger partial charge in [-0.1, -0.05) is 118 Å². The molecule has 2 heteroatoms. The van der Waals surface area contributed by atoms with Crippen LogP contribution in [-0.2, 0) is 4.74 Å². The third-order valence-corrected chi connectivity index (χ3v) is 13.1. The molecule has 0 N–H and O–H groups in total. The summed E-state index contributed by atoms with van der Waals surface area (Å²) in [5, 5.41) is 3.19. The predicted molar refractivity (Wildman–Crippen MR) is 129 cm³/mol. The quantitative estimate of drug-likeness (QED) is 0.295. The van der Waals surface area contributed by atoms with Crippen LogP contribution in [0.15, 0.2) is 72.8 Å². The SMILES string of the molecule is C=C(C[Si](c1ccccc1)(c1ccccc1)C(C)(C)C)C(CC1(C)CO1)C(C)C. The summed E-state index contributed by atoms with van der Waals surface area (Å²) in [6.07, 6.45) is 1.09. The third kappa shape index (κ3) is 4.59. The number of hydrogen-bond acceptors (Lipinski definition) is 1. The lowest BCUT2D eigenvalue weighted by Crippen LogP contribution is -2.64. The zero-order chi connectivity index (χ0) is 21.3. The molecule has 2 unspecified atom stereocenters. The highest BCUT2D eigenvalue weighted by molar-refractivity contribution is 7.04. The first-order chi connectivity index (χ1) is 13.6. The maximum absolute atomic E-state index is 5.76. The van der Waals surface area contributed by atoms with Crippen LogP contribution in [0, 0.1) is 11.8 Å². The van der Waals surface area contributed by atoms with E-state index in [-0.39, 0.29) is 10.6 Å². The molecule has 156 valence electrons. The van der Waals surface area contributed by atoms with E-state index >= 15 is 0 Å². The minimum absolute atomic E-state index is 0.0588. The van der Waals surface area contributed by atoms with E-state index in [4.69, 9.17) is 11.3 Å². The van der Waals surface area contributed by atoms with Gasteiger partial charge in [0.05, 0.1) is 12.2 Å². The second kappa shape index (κ2) is 8.24. The predicted octanol–water partition coefficient (Wildman–Crippen LogP) is 6.06. The Balaban J connectivity index is 2.09. The van der Waals surface area contributed by atoms with Crippen molar-refractivity contribution in [2.75, 3.05) is 6.61 Å². The molecule has 0 aliphatic carbocycles. The molecule has 0 spiro atoms. The normalized spacial score (nSPS) is 20.5. The Morgan fingerprint density at radius 3 is 1.79 bits per heavy atom. The summed E-state index contributed by atoms with van der Waals surface area (Å²) < 4.78 is 5.76. The molecule has 2 aromatic carbocycles. The Morgan fingerprint density at radius 2 is 1.45 bits per heavy atom. The number of rotatable bonds is 8. The van der Waals surface area contributed by atoms with Crippen LogP contribution in [0.2, 0.25) is 11.1 Å². The number of benzene rings is 2. The molecular formula is C27H38OSi. The molecule has 1 saturated heterocycles. The van der Waals surface area contributed by atoms with Gasteiger partial charge in [0, 0.05) is 0 Å². The summed E-state index contributed by atoms with van der Waals surface area (Å²) >= 11 is 0. The van der Waals surface area contributed by atoms with Crippen molar-refractivity contribution >= 4 is 18.4 Å². The van der Waals surface area contributed by atoms with Crippen molar-refractivity contribution in [2.45, 2.75) is 64.6 Å². The van der Waals surface area contributed by atoms with Crippen molar-refractivity contribution in [1.82, 2.24) is 0 Å². The molecular weight excluding hydrogens is 368 g/mol. The highest BCUT2D eigenvalue weighted by Crippen LogP contribution is 2.45. The molecule has 1 fully saturated rings. The maximum Gasteiger partial charge on any atom is 0.127 e. The first kappa shape index (κ1) is 22.1. The van der Waals surface area contributed by atoms with Crippen LogP contribution in [0.5, 0.6) is 0 Å². The second-order valence-corrected chi connectivity index (χ2v) is 15.3. The van der Waals surface area contributed by atoms with Crippen LogP contribution in [0.1, 0.15) is 48.0 Å². The fourth-order valence-electron chi connectivity index (χ4n) is 4.98. The summed E-state index contributed by atoms with van der Waals surface area (Å²) in [5.41, 5.74) is 1.47. The molecule has 0 bridgehead atoms.